The highest BCUT2D eigenvalue weighted by Gasteiger charge is 2.44. The molecule has 0 aliphatic carbocycles. The summed E-state index contributed by atoms with van der Waals surface area (Å²) in [6, 6.07) is 21.8. The van der Waals surface area contributed by atoms with Gasteiger partial charge in [-0.25, -0.2) is 13.5 Å². The van der Waals surface area contributed by atoms with Crippen LogP contribution in [0.3, 0.4) is 0 Å². The maximum atomic E-state index is 15.8. The number of ether oxygens (including phenoxy) is 3. The Morgan fingerprint density at radius 1 is 0.924 bits per heavy atom. The average molecular weight is 1100 g/mol. The Bertz CT molecular complexity index is 3560. The van der Waals surface area contributed by atoms with Crippen molar-refractivity contribution in [2.75, 3.05) is 44.9 Å². The molecule has 2 bridgehead atoms. The minimum Gasteiger partial charge on any atom is -0.486 e. The third-order valence-electron chi connectivity index (χ3n) is 15.4. The quantitative estimate of drug-likeness (QED) is 0.0552. The predicted molar refractivity (Wildman–Crippen MR) is 293 cm³/mol. The molecule has 410 valence electrons. The lowest BCUT2D eigenvalue weighted by molar-refractivity contribution is -0.142. The van der Waals surface area contributed by atoms with E-state index in [1.54, 1.807) is 68.9 Å². The second-order valence-electron chi connectivity index (χ2n) is 21.0. The van der Waals surface area contributed by atoms with Gasteiger partial charge in [0.25, 0.3) is 0 Å². The van der Waals surface area contributed by atoms with E-state index in [0.717, 1.165) is 25.1 Å². The summed E-state index contributed by atoms with van der Waals surface area (Å²) >= 11 is 7.37. The summed E-state index contributed by atoms with van der Waals surface area (Å²) in [7, 11) is 1.61. The Morgan fingerprint density at radius 3 is 2.41 bits per heavy atom. The normalized spacial score (nSPS) is 19.2. The lowest BCUT2D eigenvalue weighted by Gasteiger charge is -2.30. The number of hydrogen-bond acceptors (Lipinski definition) is 14. The Hall–Kier alpha value is -7.62. The van der Waals surface area contributed by atoms with E-state index in [1.807, 2.05) is 51.1 Å². The molecule has 21 heteroatoms. The van der Waals surface area contributed by atoms with Crippen LogP contribution in [0.25, 0.3) is 55.3 Å². The number of anilines is 1. The maximum absolute atomic E-state index is 15.8. The van der Waals surface area contributed by atoms with Crippen molar-refractivity contribution in [2.24, 2.45) is 5.92 Å². The second-order valence-corrected chi connectivity index (χ2v) is 21.4. The molecule has 3 aliphatic heterocycles. The monoisotopic (exact) mass is 1100 g/mol. The molecule has 3 fully saturated rings. The van der Waals surface area contributed by atoms with E-state index in [1.165, 1.54) is 21.7 Å². The van der Waals surface area contributed by atoms with Crippen LogP contribution in [0.15, 0.2) is 97.3 Å². The number of fused-ring (bicyclic) bond motifs is 4. The van der Waals surface area contributed by atoms with Gasteiger partial charge in [0.15, 0.2) is 5.75 Å². The Kier molecular flexibility index (Phi) is 15.0. The van der Waals surface area contributed by atoms with Gasteiger partial charge in [-0.2, -0.15) is 15.1 Å². The summed E-state index contributed by atoms with van der Waals surface area (Å²) in [5.74, 6) is -1.15. The fourth-order valence-corrected chi connectivity index (χ4v) is 11.4. The zero-order valence-electron chi connectivity index (χ0n) is 44.2. The molecule has 79 heavy (non-hydrogen) atoms. The fraction of sp³-hybridized carbons (Fsp3) is 0.362. The first-order valence-electron chi connectivity index (χ1n) is 26.4. The van der Waals surface area contributed by atoms with Gasteiger partial charge in [-0.3, -0.25) is 14.7 Å². The van der Waals surface area contributed by atoms with Crippen molar-refractivity contribution in [3.05, 3.63) is 131 Å². The second kappa shape index (κ2) is 22.3. The van der Waals surface area contributed by atoms with Gasteiger partial charge in [0, 0.05) is 78.3 Å². The standard InChI is InChI=1S/C58H60ClF2N11O7/c1-30(2)53(57(76)71-25-39(74)19-49(71)56(75)64-48(27-73)36-16-14-34(15-17-36)40-8-6-7-9-44(40)60)72-26-47(68-69-72)35-12-10-33(11-13-35)29-78-54-51(50-32(4)45(61)21-46-42(50)23-63-67-46)43(59)20-41-52(54)65-58(79-28-31(3)77-5)66-55(41)70-24-37-18-38(70)22-62-37/h6-17,20-21,23,26,30-31,37-39,48-49,53,62,73-74H,18-19,22,24-25,27-29H2,1-5H3,(H,63,67)(H,64,75)/t31-,37-,38-,39+,48-,49-,53-/m0/s1. The van der Waals surface area contributed by atoms with Crippen molar-refractivity contribution in [2.45, 2.75) is 89.6 Å². The molecule has 7 atom stereocenters. The van der Waals surface area contributed by atoms with Gasteiger partial charge < -0.3 is 44.9 Å². The average Bonchev–Trinajstić information content (AvgIpc) is 4.47. The zero-order chi connectivity index (χ0) is 55.2. The number of rotatable bonds is 18. The third kappa shape index (κ3) is 10.5. The van der Waals surface area contributed by atoms with Crippen molar-refractivity contribution in [1.29, 1.82) is 0 Å². The highest BCUT2D eigenvalue weighted by molar-refractivity contribution is 6.35. The lowest BCUT2D eigenvalue weighted by atomic mass is 9.94. The number of methoxy groups -OCH3 is 1. The highest BCUT2D eigenvalue weighted by Crippen LogP contribution is 2.49. The molecule has 0 saturated carbocycles. The van der Waals surface area contributed by atoms with Crippen LogP contribution in [0.5, 0.6) is 11.8 Å². The van der Waals surface area contributed by atoms with Crippen LogP contribution in [0, 0.1) is 24.5 Å². The number of likely N-dealkylation sites (tertiary alicyclic amines) is 1. The molecular weight excluding hydrogens is 1040 g/mol. The maximum Gasteiger partial charge on any atom is 0.319 e. The van der Waals surface area contributed by atoms with Crippen molar-refractivity contribution >= 4 is 51.0 Å². The number of amides is 2. The number of carbonyl (C=O) groups is 2. The van der Waals surface area contributed by atoms with Gasteiger partial charge in [-0.05, 0) is 66.6 Å². The first-order valence-corrected chi connectivity index (χ1v) is 26.8. The largest absolute Gasteiger partial charge is 0.486 e. The topological polar surface area (TPSA) is 218 Å². The van der Waals surface area contributed by atoms with Crippen LogP contribution in [0.2, 0.25) is 5.02 Å². The van der Waals surface area contributed by atoms with Crippen molar-refractivity contribution in [1.82, 2.24) is 50.7 Å². The van der Waals surface area contributed by atoms with E-state index < -0.39 is 48.5 Å². The molecule has 0 spiro atoms. The number of aromatic amines is 1. The third-order valence-corrected chi connectivity index (χ3v) is 15.7. The van der Waals surface area contributed by atoms with Crippen molar-refractivity contribution < 1.29 is 42.8 Å². The van der Waals surface area contributed by atoms with Gasteiger partial charge in [0.05, 0.1) is 47.8 Å². The van der Waals surface area contributed by atoms with E-state index in [9.17, 15) is 24.2 Å². The minimum atomic E-state index is -1.04. The first-order chi connectivity index (χ1) is 38.2. The van der Waals surface area contributed by atoms with Crippen molar-refractivity contribution in [3.8, 4) is 45.3 Å². The van der Waals surface area contributed by atoms with Gasteiger partial charge >= 0.3 is 6.01 Å². The number of nitrogens with one attached hydrogen (secondary N) is 3. The molecule has 3 aromatic heterocycles. The molecule has 5 N–H and O–H groups in total. The minimum absolute atomic E-state index is 0.00521. The summed E-state index contributed by atoms with van der Waals surface area (Å²) in [5.41, 5.74) is 5.76. The van der Waals surface area contributed by atoms with E-state index in [-0.39, 0.29) is 56.1 Å². The number of aliphatic hydroxyl groups excluding tert-OH is 2. The number of aromatic nitrogens is 7. The zero-order valence-corrected chi connectivity index (χ0v) is 44.9. The number of nitrogens with zero attached hydrogens (tertiary/aromatic N) is 8. The molecule has 3 saturated heterocycles. The van der Waals surface area contributed by atoms with Gasteiger partial charge in [0.1, 0.15) is 54.0 Å². The van der Waals surface area contributed by atoms with Crippen molar-refractivity contribution in [3.63, 3.8) is 0 Å². The van der Waals surface area contributed by atoms with E-state index >= 15 is 4.39 Å². The Labute approximate surface area is 459 Å². The molecule has 0 unspecified atom stereocenters. The van der Waals surface area contributed by atoms with Crippen LogP contribution in [-0.2, 0) is 20.9 Å². The molecule has 8 aromatic rings. The molecule has 2 amide bonds. The number of piperazine rings is 1. The SMILES string of the molecule is CO[C@@H](C)COc1nc(N2C[C@@H]3C[C@H]2CN3)c2cc(Cl)c(-c3c(C)c(F)cc4[nH]ncc34)c(OCc3ccc(-c4cn([C@H](C(=O)N5C[C@H](O)C[C@H]5C(=O)N[C@@H](CO)c5ccc(-c6ccccc6F)cc5)C(C)C)nn4)cc3)c2n1. The van der Waals surface area contributed by atoms with Crippen LogP contribution >= 0.6 is 11.6 Å². The number of carbonyl (C=O) groups excluding carboxylic acids is 2. The lowest BCUT2D eigenvalue weighted by Crippen LogP contribution is -2.50. The number of H-pyrrole nitrogens is 1. The fourth-order valence-electron chi connectivity index (χ4n) is 11.1. The smallest absolute Gasteiger partial charge is 0.319 e. The van der Waals surface area contributed by atoms with Crippen LogP contribution < -0.4 is 25.0 Å². The number of β-amino-alcohol motifs (C(OH)–C–C–N with tert-alkyl or cyclic N) is 1. The molecule has 18 nitrogen and oxygen atoms in total. The summed E-state index contributed by atoms with van der Waals surface area (Å²) in [4.78, 5) is 42.1. The number of benzene rings is 5. The van der Waals surface area contributed by atoms with Gasteiger partial charge in [-0.15, -0.1) is 5.10 Å². The molecular formula is C58H60ClF2N11O7. The molecule has 11 rings (SSSR count). The van der Waals surface area contributed by atoms with Gasteiger partial charge in [-0.1, -0.05) is 97.4 Å². The van der Waals surface area contributed by atoms with Crippen LogP contribution in [0.4, 0.5) is 14.6 Å². The molecule has 0 radical (unpaired) electrons. The predicted octanol–water partition coefficient (Wildman–Crippen LogP) is 7.89. The number of aliphatic hydroxyl groups is 2. The molecule has 3 aliphatic rings. The first kappa shape index (κ1) is 53.4. The molecule has 5 aromatic carbocycles. The van der Waals surface area contributed by atoms with E-state index in [4.69, 9.17) is 35.8 Å². The van der Waals surface area contributed by atoms with E-state index in [2.05, 4.69) is 36.0 Å². The Morgan fingerprint density at radius 2 is 1.70 bits per heavy atom. The molecule has 6 heterocycles. The van der Waals surface area contributed by atoms with Gasteiger partial charge in [0.2, 0.25) is 11.8 Å². The van der Waals surface area contributed by atoms with Crippen LogP contribution in [0.1, 0.15) is 62.4 Å². The van der Waals surface area contributed by atoms with Crippen LogP contribution in [-0.4, -0.2) is 132 Å². The summed E-state index contributed by atoms with van der Waals surface area (Å²) < 4.78 is 50.4. The summed E-state index contributed by atoms with van der Waals surface area (Å²) in [6.45, 7) is 8.53. The number of hydrogen-bond donors (Lipinski definition) is 5. The number of halogens is 3. The van der Waals surface area contributed by atoms with E-state index in [0.29, 0.717) is 89.1 Å². The highest BCUT2D eigenvalue weighted by atomic mass is 35.5. The summed E-state index contributed by atoms with van der Waals surface area (Å²) in [6.07, 6.45) is 3.05. The summed E-state index contributed by atoms with van der Waals surface area (Å²) in [5, 5.41) is 45.3. The Balaban J connectivity index is 0.852.